The van der Waals surface area contributed by atoms with E-state index in [9.17, 15) is 14.3 Å². The van der Waals surface area contributed by atoms with Crippen LogP contribution in [0.3, 0.4) is 0 Å². The number of hydrogen-bond acceptors (Lipinski definition) is 3. The first-order valence-electron chi connectivity index (χ1n) is 5.70. The summed E-state index contributed by atoms with van der Waals surface area (Å²) < 4.78 is 14.5. The molecule has 0 fully saturated rings. The van der Waals surface area contributed by atoms with Crippen molar-refractivity contribution in [3.05, 3.63) is 41.8 Å². The molecule has 0 spiro atoms. The predicted octanol–water partition coefficient (Wildman–Crippen LogP) is 1.83. The van der Waals surface area contributed by atoms with Crippen molar-refractivity contribution in [3.8, 4) is 11.3 Å². The van der Waals surface area contributed by atoms with Crippen molar-refractivity contribution in [3.63, 3.8) is 0 Å². The van der Waals surface area contributed by atoms with E-state index in [0.717, 1.165) is 0 Å². The number of aliphatic hydroxyl groups is 1. The van der Waals surface area contributed by atoms with Gasteiger partial charge in [0.2, 0.25) is 0 Å². The molecule has 0 aliphatic carbocycles. The number of nitrogens with zero attached hydrogens (tertiary/aromatic N) is 2. The molecule has 5 nitrogen and oxygen atoms in total. The lowest BCUT2D eigenvalue weighted by Crippen LogP contribution is -2.15. The van der Waals surface area contributed by atoms with Crippen LogP contribution in [0.25, 0.3) is 11.3 Å². The normalized spacial score (nSPS) is 12.4. The van der Waals surface area contributed by atoms with Gasteiger partial charge in [-0.15, -0.1) is 0 Å². The fraction of sp³-hybridized carbons (Fsp3) is 0.231. The van der Waals surface area contributed by atoms with Gasteiger partial charge >= 0.3 is 5.97 Å². The first-order valence-corrected chi connectivity index (χ1v) is 5.70. The van der Waals surface area contributed by atoms with Crippen LogP contribution >= 0.6 is 0 Å². The van der Waals surface area contributed by atoms with E-state index >= 15 is 0 Å². The number of carboxylic acid groups (broad SMARTS) is 1. The number of hydrogen-bond donors (Lipinski definition) is 2. The highest BCUT2D eigenvalue weighted by Crippen LogP contribution is 2.24. The summed E-state index contributed by atoms with van der Waals surface area (Å²) in [7, 11) is 0. The van der Waals surface area contributed by atoms with Crippen molar-refractivity contribution < 1.29 is 19.4 Å². The quantitative estimate of drug-likeness (QED) is 0.883. The summed E-state index contributed by atoms with van der Waals surface area (Å²) in [4.78, 5) is 10.9. The topological polar surface area (TPSA) is 75.3 Å². The van der Waals surface area contributed by atoms with Crippen molar-refractivity contribution in [2.75, 3.05) is 0 Å². The first-order chi connectivity index (χ1) is 9.02. The maximum absolute atomic E-state index is 13.3. The van der Waals surface area contributed by atoms with Crippen LogP contribution < -0.4 is 0 Å². The Labute approximate surface area is 108 Å². The summed E-state index contributed by atoms with van der Waals surface area (Å²) in [5, 5.41) is 22.2. The molecular weight excluding hydrogens is 251 g/mol. The summed E-state index contributed by atoms with van der Waals surface area (Å²) in [6.45, 7) is 1.26. The molecule has 100 valence electrons. The lowest BCUT2D eigenvalue weighted by atomic mass is 10.1. The van der Waals surface area contributed by atoms with Crippen LogP contribution in [-0.4, -0.2) is 26.0 Å². The minimum Gasteiger partial charge on any atom is -0.480 e. The molecule has 1 aromatic carbocycles. The van der Waals surface area contributed by atoms with Gasteiger partial charge < -0.3 is 10.2 Å². The van der Waals surface area contributed by atoms with Crippen molar-refractivity contribution in [1.82, 2.24) is 9.78 Å². The zero-order chi connectivity index (χ0) is 14.0. The van der Waals surface area contributed by atoms with Gasteiger partial charge in [0, 0.05) is 11.8 Å². The summed E-state index contributed by atoms with van der Waals surface area (Å²) in [6.07, 6.45) is 1.51. The number of benzene rings is 1. The molecule has 1 aromatic heterocycles. The predicted molar refractivity (Wildman–Crippen MR) is 65.9 cm³/mol. The number of carboxylic acids is 1. The SMILES string of the molecule is CC(C(=O)O)n1ccc(-c2cc(F)ccc2CO)n1. The van der Waals surface area contributed by atoms with Crippen LogP contribution in [0.15, 0.2) is 30.5 Å². The number of rotatable bonds is 4. The fourth-order valence-electron chi connectivity index (χ4n) is 1.74. The average molecular weight is 264 g/mol. The molecule has 1 heterocycles. The summed E-state index contributed by atoms with van der Waals surface area (Å²) in [5.74, 6) is -1.44. The Kier molecular flexibility index (Phi) is 3.62. The molecule has 0 saturated carbocycles. The molecule has 1 unspecified atom stereocenters. The molecule has 19 heavy (non-hydrogen) atoms. The highest BCUT2D eigenvalue weighted by molar-refractivity contribution is 5.71. The van der Waals surface area contributed by atoms with Gasteiger partial charge in [0.25, 0.3) is 0 Å². The van der Waals surface area contributed by atoms with Crippen LogP contribution in [0, 0.1) is 5.82 Å². The second-order valence-corrected chi connectivity index (χ2v) is 4.15. The van der Waals surface area contributed by atoms with Crippen molar-refractivity contribution in [2.45, 2.75) is 19.6 Å². The Morgan fingerprint density at radius 3 is 2.84 bits per heavy atom. The van der Waals surface area contributed by atoms with Gasteiger partial charge in [0.15, 0.2) is 0 Å². The molecule has 0 aliphatic rings. The van der Waals surface area contributed by atoms with Gasteiger partial charge in [-0.3, -0.25) is 4.68 Å². The average Bonchev–Trinajstić information content (AvgIpc) is 2.87. The molecule has 0 bridgehead atoms. The smallest absolute Gasteiger partial charge is 0.328 e. The third-order valence-electron chi connectivity index (χ3n) is 2.88. The Hall–Kier alpha value is -2.21. The largest absolute Gasteiger partial charge is 0.480 e. The zero-order valence-corrected chi connectivity index (χ0v) is 10.2. The molecule has 0 aliphatic heterocycles. The van der Waals surface area contributed by atoms with E-state index in [1.165, 1.54) is 36.0 Å². The molecule has 1 atom stereocenters. The Bertz CT molecular complexity index is 610. The van der Waals surface area contributed by atoms with Gasteiger partial charge in [-0.1, -0.05) is 6.07 Å². The molecule has 0 amide bonds. The zero-order valence-electron chi connectivity index (χ0n) is 10.2. The van der Waals surface area contributed by atoms with E-state index < -0.39 is 17.8 Å². The van der Waals surface area contributed by atoms with Gasteiger partial charge in [0.05, 0.1) is 12.3 Å². The number of aliphatic hydroxyl groups excluding tert-OH is 1. The van der Waals surface area contributed by atoms with Gasteiger partial charge in [-0.25, -0.2) is 9.18 Å². The Balaban J connectivity index is 2.43. The van der Waals surface area contributed by atoms with Crippen molar-refractivity contribution in [2.24, 2.45) is 0 Å². The monoisotopic (exact) mass is 264 g/mol. The summed E-state index contributed by atoms with van der Waals surface area (Å²) in [5.41, 5.74) is 1.42. The molecule has 2 rings (SSSR count). The first kappa shape index (κ1) is 13.2. The lowest BCUT2D eigenvalue weighted by molar-refractivity contribution is -0.140. The number of aliphatic carboxylic acids is 1. The van der Waals surface area contributed by atoms with E-state index in [2.05, 4.69) is 5.10 Å². The molecular formula is C13H13FN2O3. The number of aromatic nitrogens is 2. The third-order valence-corrected chi connectivity index (χ3v) is 2.88. The minimum atomic E-state index is -1.00. The van der Waals surface area contributed by atoms with Crippen LogP contribution in [0.5, 0.6) is 0 Å². The maximum Gasteiger partial charge on any atom is 0.328 e. The Morgan fingerprint density at radius 1 is 1.47 bits per heavy atom. The molecule has 0 radical (unpaired) electrons. The molecule has 2 N–H and O–H groups in total. The van der Waals surface area contributed by atoms with Gasteiger partial charge in [-0.05, 0) is 30.7 Å². The van der Waals surface area contributed by atoms with Crippen LogP contribution in [-0.2, 0) is 11.4 Å². The van der Waals surface area contributed by atoms with Crippen LogP contribution in [0.2, 0.25) is 0 Å². The van der Waals surface area contributed by atoms with Crippen molar-refractivity contribution >= 4 is 5.97 Å². The van der Waals surface area contributed by atoms with E-state index in [-0.39, 0.29) is 6.61 Å². The Morgan fingerprint density at radius 2 is 2.21 bits per heavy atom. The minimum absolute atomic E-state index is 0.239. The lowest BCUT2D eigenvalue weighted by Gasteiger charge is -2.07. The fourth-order valence-corrected chi connectivity index (χ4v) is 1.74. The van der Waals surface area contributed by atoms with E-state index in [4.69, 9.17) is 5.11 Å². The molecule has 6 heteroatoms. The third kappa shape index (κ3) is 2.63. The number of carbonyl (C=O) groups is 1. The second kappa shape index (κ2) is 5.19. The van der Waals surface area contributed by atoms with Crippen LogP contribution in [0.4, 0.5) is 4.39 Å². The van der Waals surface area contributed by atoms with Gasteiger partial charge in [-0.2, -0.15) is 5.10 Å². The summed E-state index contributed by atoms with van der Waals surface area (Å²) in [6, 6.07) is 4.78. The van der Waals surface area contributed by atoms with Crippen molar-refractivity contribution in [1.29, 1.82) is 0 Å². The highest BCUT2D eigenvalue weighted by atomic mass is 19.1. The van der Waals surface area contributed by atoms with Crippen LogP contribution in [0.1, 0.15) is 18.5 Å². The van der Waals surface area contributed by atoms with Gasteiger partial charge in [0.1, 0.15) is 11.9 Å². The standard InChI is InChI=1S/C13H13FN2O3/c1-8(13(18)19)16-5-4-12(15-16)11-6-10(14)3-2-9(11)7-17/h2-6,8,17H,7H2,1H3,(H,18,19). The highest BCUT2D eigenvalue weighted by Gasteiger charge is 2.16. The second-order valence-electron chi connectivity index (χ2n) is 4.15. The van der Waals surface area contributed by atoms with E-state index in [0.29, 0.717) is 16.8 Å². The summed E-state index contributed by atoms with van der Waals surface area (Å²) >= 11 is 0. The van der Waals surface area contributed by atoms with E-state index in [1.54, 1.807) is 6.07 Å². The molecule has 0 saturated heterocycles. The maximum atomic E-state index is 13.3. The number of halogens is 1. The van der Waals surface area contributed by atoms with E-state index in [1.807, 2.05) is 0 Å². The molecule has 2 aromatic rings.